The Labute approximate surface area is 175 Å². The number of Topliss-reactive ketones (excluding diaryl/α,β-unsaturated/α-hetero) is 1. The lowest BCUT2D eigenvalue weighted by molar-refractivity contribution is -0.151. The summed E-state index contributed by atoms with van der Waals surface area (Å²) < 4.78 is 32.6. The number of benzene rings is 1. The molecule has 1 N–H and O–H groups in total. The number of rotatable bonds is 8. The number of nitrogens with one attached hydrogen (secondary N) is 1. The van der Waals surface area contributed by atoms with E-state index in [0.717, 1.165) is 29.5 Å². The molecule has 1 amide bonds. The highest BCUT2D eigenvalue weighted by molar-refractivity contribution is 7.09. The average Bonchev–Trinajstić information content (AvgIpc) is 3.10. The minimum absolute atomic E-state index is 0.291. The van der Waals surface area contributed by atoms with E-state index in [1.807, 2.05) is 6.07 Å². The maximum atomic E-state index is 13.8. The minimum atomic E-state index is -1.26. The third kappa shape index (κ3) is 5.45. The van der Waals surface area contributed by atoms with Gasteiger partial charge in [-0.15, -0.1) is 11.3 Å². The van der Waals surface area contributed by atoms with Crippen molar-refractivity contribution < 1.29 is 27.9 Å². The first-order valence-corrected chi connectivity index (χ1v) is 9.79. The number of hydrogen-bond acceptors (Lipinski definition) is 7. The first-order chi connectivity index (χ1) is 14.1. The van der Waals surface area contributed by atoms with Gasteiger partial charge in [0.25, 0.3) is 5.91 Å². The van der Waals surface area contributed by atoms with Gasteiger partial charge >= 0.3 is 5.97 Å². The molecule has 0 saturated carbocycles. The van der Waals surface area contributed by atoms with Crippen molar-refractivity contribution in [3.05, 3.63) is 51.5 Å². The molecule has 0 spiro atoms. The van der Waals surface area contributed by atoms with Crippen molar-refractivity contribution in [1.82, 2.24) is 10.3 Å². The summed E-state index contributed by atoms with van der Waals surface area (Å²) in [6.45, 7) is 4.18. The second kappa shape index (κ2) is 10.0. The van der Waals surface area contributed by atoms with Crippen molar-refractivity contribution >= 4 is 29.0 Å². The fourth-order valence-corrected chi connectivity index (χ4v) is 3.37. The molecule has 0 aliphatic carbocycles. The van der Waals surface area contributed by atoms with E-state index in [4.69, 9.17) is 4.74 Å². The Morgan fingerprint density at radius 3 is 2.40 bits per heavy atom. The van der Waals surface area contributed by atoms with Gasteiger partial charge in [-0.25, -0.2) is 18.6 Å². The minimum Gasteiger partial charge on any atom is -0.456 e. The standard InChI is InChI=1S/C20H19F2N3O4S/c1-10(2)17(25-18(27)16-13(21)5-4-6-14(16)22)20(28)29-8-15(26)12(7-23)19-24-11(3)9-30-19/h4-6,9-10,12,17H,8H2,1-3H3,(H,25,27)/t12-,17+/m1/s1. The number of nitriles is 1. The van der Waals surface area contributed by atoms with Gasteiger partial charge < -0.3 is 10.1 Å². The molecule has 10 heteroatoms. The van der Waals surface area contributed by atoms with Crippen LogP contribution in [0.25, 0.3) is 0 Å². The van der Waals surface area contributed by atoms with Gasteiger partial charge in [-0.2, -0.15) is 5.26 Å². The molecular weight excluding hydrogens is 416 g/mol. The molecule has 1 aromatic carbocycles. The van der Waals surface area contributed by atoms with Gasteiger partial charge in [0.1, 0.15) is 28.2 Å². The monoisotopic (exact) mass is 435 g/mol. The number of aryl methyl sites for hydroxylation is 1. The van der Waals surface area contributed by atoms with Gasteiger partial charge in [-0.3, -0.25) is 9.59 Å². The lowest BCUT2D eigenvalue weighted by Gasteiger charge is -2.21. The molecule has 0 bridgehead atoms. The number of ether oxygens (including phenoxy) is 1. The predicted molar refractivity (Wildman–Crippen MR) is 104 cm³/mol. The first kappa shape index (κ1) is 23.1. The van der Waals surface area contributed by atoms with E-state index >= 15 is 0 Å². The summed E-state index contributed by atoms with van der Waals surface area (Å²) in [6.07, 6.45) is 0. The zero-order chi connectivity index (χ0) is 22.4. The molecule has 158 valence electrons. The first-order valence-electron chi connectivity index (χ1n) is 8.91. The van der Waals surface area contributed by atoms with E-state index in [-0.39, 0.29) is 0 Å². The van der Waals surface area contributed by atoms with Gasteiger partial charge in [-0.1, -0.05) is 19.9 Å². The van der Waals surface area contributed by atoms with Crippen LogP contribution in [0.4, 0.5) is 8.78 Å². The maximum Gasteiger partial charge on any atom is 0.329 e. The highest BCUT2D eigenvalue weighted by atomic mass is 32.1. The second-order valence-electron chi connectivity index (χ2n) is 6.76. The number of carbonyl (C=O) groups excluding carboxylic acids is 3. The van der Waals surface area contributed by atoms with Crippen molar-refractivity contribution in [3.8, 4) is 6.07 Å². The van der Waals surface area contributed by atoms with Crippen LogP contribution in [0.15, 0.2) is 23.6 Å². The van der Waals surface area contributed by atoms with Gasteiger partial charge in [0.2, 0.25) is 0 Å². The molecule has 2 aromatic rings. The number of carbonyl (C=O) groups is 3. The Bertz CT molecular complexity index is 980. The van der Waals surface area contributed by atoms with Crippen LogP contribution in [0.5, 0.6) is 0 Å². The molecule has 0 fully saturated rings. The van der Waals surface area contributed by atoms with Crippen LogP contribution in [0.3, 0.4) is 0 Å². The number of aromatic nitrogens is 1. The molecule has 2 rings (SSSR count). The molecule has 30 heavy (non-hydrogen) atoms. The molecule has 0 aliphatic heterocycles. The van der Waals surface area contributed by atoms with Crippen LogP contribution in [0.1, 0.15) is 40.8 Å². The number of amides is 1. The number of nitrogens with zero attached hydrogens (tertiary/aromatic N) is 2. The van der Waals surface area contributed by atoms with Crippen LogP contribution in [-0.2, 0) is 14.3 Å². The summed E-state index contributed by atoms with van der Waals surface area (Å²) in [4.78, 5) is 41.1. The zero-order valence-electron chi connectivity index (χ0n) is 16.4. The van der Waals surface area contributed by atoms with Crippen LogP contribution in [0, 0.1) is 35.8 Å². The van der Waals surface area contributed by atoms with Gasteiger partial charge in [0.15, 0.2) is 18.3 Å². The van der Waals surface area contributed by atoms with E-state index in [2.05, 4.69) is 10.3 Å². The van der Waals surface area contributed by atoms with E-state index < -0.39 is 59.3 Å². The average molecular weight is 435 g/mol. The van der Waals surface area contributed by atoms with Gasteiger partial charge in [0.05, 0.1) is 6.07 Å². The summed E-state index contributed by atoms with van der Waals surface area (Å²) in [6, 6.07) is 3.51. The van der Waals surface area contributed by atoms with Gasteiger partial charge in [0, 0.05) is 11.1 Å². The number of thiazole rings is 1. The Hall–Kier alpha value is -3.19. The SMILES string of the molecule is Cc1csc([C@H](C#N)C(=O)COC(=O)[C@@H](NC(=O)c2c(F)cccc2F)C(C)C)n1. The molecule has 0 radical (unpaired) electrons. The van der Waals surface area contributed by atoms with E-state index in [0.29, 0.717) is 10.7 Å². The van der Waals surface area contributed by atoms with Gasteiger partial charge in [-0.05, 0) is 25.0 Å². The number of hydrogen-bond donors (Lipinski definition) is 1. The van der Waals surface area contributed by atoms with Crippen molar-refractivity contribution in [2.24, 2.45) is 5.92 Å². The van der Waals surface area contributed by atoms with Crippen LogP contribution in [-0.4, -0.2) is 35.3 Å². The lowest BCUT2D eigenvalue weighted by Crippen LogP contribution is -2.46. The van der Waals surface area contributed by atoms with E-state index in [1.165, 1.54) is 0 Å². The van der Waals surface area contributed by atoms with Crippen molar-refractivity contribution in [2.45, 2.75) is 32.7 Å². The van der Waals surface area contributed by atoms with Crippen LogP contribution in [0.2, 0.25) is 0 Å². The summed E-state index contributed by atoms with van der Waals surface area (Å²) in [5.41, 5.74) is -0.168. The molecule has 0 aliphatic rings. The summed E-state index contributed by atoms with van der Waals surface area (Å²) in [5.74, 6) is -6.59. The van der Waals surface area contributed by atoms with Crippen LogP contribution < -0.4 is 5.32 Å². The predicted octanol–water partition coefficient (Wildman–Crippen LogP) is 2.90. The molecule has 1 heterocycles. The third-order valence-corrected chi connectivity index (χ3v) is 5.12. The summed E-state index contributed by atoms with van der Waals surface area (Å²) in [5, 5.41) is 13.5. The van der Waals surface area contributed by atoms with Crippen LogP contribution >= 0.6 is 11.3 Å². The topological polar surface area (TPSA) is 109 Å². The maximum absolute atomic E-state index is 13.8. The molecule has 1 aromatic heterocycles. The molecule has 2 atom stereocenters. The number of esters is 1. The smallest absolute Gasteiger partial charge is 0.329 e. The number of halogens is 2. The largest absolute Gasteiger partial charge is 0.456 e. The number of ketones is 1. The Kier molecular flexibility index (Phi) is 7.72. The Morgan fingerprint density at radius 1 is 1.27 bits per heavy atom. The Balaban J connectivity index is 2.06. The highest BCUT2D eigenvalue weighted by Crippen LogP contribution is 2.21. The Morgan fingerprint density at radius 2 is 1.90 bits per heavy atom. The van der Waals surface area contributed by atoms with Crippen molar-refractivity contribution in [1.29, 1.82) is 5.26 Å². The zero-order valence-corrected chi connectivity index (χ0v) is 17.3. The molecule has 0 saturated heterocycles. The molecule has 7 nitrogen and oxygen atoms in total. The summed E-state index contributed by atoms with van der Waals surface area (Å²) >= 11 is 1.14. The fourth-order valence-electron chi connectivity index (χ4n) is 2.51. The highest BCUT2D eigenvalue weighted by Gasteiger charge is 2.30. The van der Waals surface area contributed by atoms with Crippen molar-refractivity contribution in [2.75, 3.05) is 6.61 Å². The molecular formula is C20H19F2N3O4S. The normalized spacial score (nSPS) is 12.7. The third-order valence-electron chi connectivity index (χ3n) is 4.09. The van der Waals surface area contributed by atoms with E-state index in [9.17, 15) is 28.4 Å². The quantitative estimate of drug-likeness (QED) is 0.639. The molecule has 0 unspecified atom stereocenters. The van der Waals surface area contributed by atoms with E-state index in [1.54, 1.807) is 26.2 Å². The summed E-state index contributed by atoms with van der Waals surface area (Å²) in [7, 11) is 0. The fraction of sp³-hybridized carbons (Fsp3) is 0.350. The van der Waals surface area contributed by atoms with Crippen molar-refractivity contribution in [3.63, 3.8) is 0 Å². The lowest BCUT2D eigenvalue weighted by atomic mass is 10.0. The second-order valence-corrected chi connectivity index (χ2v) is 7.64.